The van der Waals surface area contributed by atoms with E-state index in [1.807, 2.05) is 36.4 Å². The first-order valence-electron chi connectivity index (χ1n) is 9.00. The molecule has 0 saturated carbocycles. The number of ketones is 2. The summed E-state index contributed by atoms with van der Waals surface area (Å²) >= 11 is 0. The monoisotopic (exact) mass is 318 g/mol. The molecule has 0 N–H and O–H groups in total. The Bertz CT molecular complexity index is 723. The summed E-state index contributed by atoms with van der Waals surface area (Å²) in [5, 5.41) is 0. The molecule has 0 bridgehead atoms. The minimum absolute atomic E-state index is 0.160. The summed E-state index contributed by atoms with van der Waals surface area (Å²) < 4.78 is 0. The van der Waals surface area contributed by atoms with Gasteiger partial charge in [0.1, 0.15) is 0 Å². The van der Waals surface area contributed by atoms with E-state index in [1.54, 1.807) is 0 Å². The number of hydrogen-bond acceptors (Lipinski definition) is 2. The number of fused-ring (bicyclic) bond motifs is 2. The van der Waals surface area contributed by atoms with Crippen LogP contribution >= 0.6 is 0 Å². The average Bonchev–Trinajstić information content (AvgIpc) is 2.88. The van der Waals surface area contributed by atoms with Crippen LogP contribution in [0.2, 0.25) is 0 Å². The minimum atomic E-state index is -0.160. The van der Waals surface area contributed by atoms with E-state index in [-0.39, 0.29) is 23.4 Å². The standard InChI is InChI=1S/C22H22O2/c23-21-17-11-3-1-7-15(17)9-5-13-19(21)20-14-6-10-16-8-2-4-12-18(16)22(20)24/h1-4,7-8,11-12,19-20H,5-6,9-10,13-14H2. The van der Waals surface area contributed by atoms with Crippen molar-refractivity contribution in [3.63, 3.8) is 0 Å². The SMILES string of the molecule is O=C1c2ccccc2CCCC1C1CCCc2ccccc2C1=O. The number of hydrogen-bond donors (Lipinski definition) is 0. The van der Waals surface area contributed by atoms with Crippen molar-refractivity contribution < 1.29 is 9.59 Å². The van der Waals surface area contributed by atoms with Gasteiger partial charge in [0.15, 0.2) is 11.6 Å². The molecule has 2 aliphatic rings. The van der Waals surface area contributed by atoms with Crippen LogP contribution in [0.25, 0.3) is 0 Å². The van der Waals surface area contributed by atoms with Crippen LogP contribution in [0.3, 0.4) is 0 Å². The molecule has 2 aromatic carbocycles. The van der Waals surface area contributed by atoms with Crippen molar-refractivity contribution in [2.75, 3.05) is 0 Å². The lowest BCUT2D eigenvalue weighted by Gasteiger charge is -2.23. The van der Waals surface area contributed by atoms with Crippen molar-refractivity contribution in [3.05, 3.63) is 70.8 Å². The van der Waals surface area contributed by atoms with Gasteiger partial charge in [-0.15, -0.1) is 0 Å². The normalized spacial score (nSPS) is 23.8. The Balaban J connectivity index is 1.71. The Labute approximate surface area is 142 Å². The Morgan fingerprint density at radius 1 is 0.625 bits per heavy atom. The maximum absolute atomic E-state index is 13.2. The zero-order chi connectivity index (χ0) is 16.5. The third-order valence-electron chi connectivity index (χ3n) is 5.65. The topological polar surface area (TPSA) is 34.1 Å². The van der Waals surface area contributed by atoms with Gasteiger partial charge in [-0.2, -0.15) is 0 Å². The summed E-state index contributed by atoms with van der Waals surface area (Å²) in [6.07, 6.45) is 5.50. The first-order valence-corrected chi connectivity index (χ1v) is 9.00. The third-order valence-corrected chi connectivity index (χ3v) is 5.65. The lowest BCUT2D eigenvalue weighted by atomic mass is 9.78. The van der Waals surface area contributed by atoms with Crippen molar-refractivity contribution >= 4 is 11.6 Å². The molecule has 2 atom stereocenters. The van der Waals surface area contributed by atoms with Gasteiger partial charge in [0, 0.05) is 23.0 Å². The van der Waals surface area contributed by atoms with Crippen LogP contribution in [0.5, 0.6) is 0 Å². The smallest absolute Gasteiger partial charge is 0.166 e. The molecule has 0 fully saturated rings. The van der Waals surface area contributed by atoms with Crippen molar-refractivity contribution in [1.29, 1.82) is 0 Å². The van der Waals surface area contributed by atoms with Crippen LogP contribution in [0.4, 0.5) is 0 Å². The summed E-state index contributed by atoms with van der Waals surface area (Å²) in [7, 11) is 0. The van der Waals surface area contributed by atoms with Gasteiger partial charge in [-0.1, -0.05) is 48.5 Å². The molecule has 2 aromatic rings. The van der Waals surface area contributed by atoms with Crippen molar-refractivity contribution in [2.24, 2.45) is 11.8 Å². The van der Waals surface area contributed by atoms with Gasteiger partial charge in [-0.05, 0) is 49.7 Å². The van der Waals surface area contributed by atoms with Gasteiger partial charge < -0.3 is 0 Å². The molecule has 0 spiro atoms. The highest BCUT2D eigenvalue weighted by molar-refractivity contribution is 6.06. The van der Waals surface area contributed by atoms with Gasteiger partial charge in [-0.25, -0.2) is 0 Å². The Morgan fingerprint density at radius 2 is 1.04 bits per heavy atom. The Kier molecular flexibility index (Phi) is 4.05. The van der Waals surface area contributed by atoms with Crippen LogP contribution < -0.4 is 0 Å². The predicted molar refractivity (Wildman–Crippen MR) is 94.4 cm³/mol. The molecular formula is C22H22O2. The summed E-state index contributed by atoms with van der Waals surface area (Å²) in [6.45, 7) is 0. The fourth-order valence-corrected chi connectivity index (χ4v) is 4.41. The quantitative estimate of drug-likeness (QED) is 0.717. The van der Waals surface area contributed by atoms with Gasteiger partial charge in [-0.3, -0.25) is 9.59 Å². The minimum Gasteiger partial charge on any atom is -0.294 e. The molecule has 0 aromatic heterocycles. The number of aryl methyl sites for hydroxylation is 2. The lowest BCUT2D eigenvalue weighted by Crippen LogP contribution is -2.29. The van der Waals surface area contributed by atoms with E-state index in [2.05, 4.69) is 12.1 Å². The lowest BCUT2D eigenvalue weighted by molar-refractivity contribution is 0.0750. The summed E-state index contributed by atoms with van der Waals surface area (Å²) in [5.41, 5.74) is 3.97. The van der Waals surface area contributed by atoms with Crippen LogP contribution in [0.1, 0.15) is 57.5 Å². The fraction of sp³-hybridized carbons (Fsp3) is 0.364. The summed E-state index contributed by atoms with van der Waals surface area (Å²) in [5.74, 6) is 0.0428. The van der Waals surface area contributed by atoms with Gasteiger partial charge in [0.05, 0.1) is 0 Å². The van der Waals surface area contributed by atoms with Crippen LogP contribution in [0.15, 0.2) is 48.5 Å². The second kappa shape index (κ2) is 6.35. The fourth-order valence-electron chi connectivity index (χ4n) is 4.41. The predicted octanol–water partition coefficient (Wildman–Crippen LogP) is 4.66. The highest BCUT2D eigenvalue weighted by atomic mass is 16.1. The molecule has 24 heavy (non-hydrogen) atoms. The second-order valence-corrected chi connectivity index (χ2v) is 7.04. The van der Waals surface area contributed by atoms with Gasteiger partial charge >= 0.3 is 0 Å². The molecule has 2 unspecified atom stereocenters. The molecule has 0 saturated heterocycles. The molecule has 2 aliphatic carbocycles. The number of rotatable bonds is 1. The second-order valence-electron chi connectivity index (χ2n) is 7.04. The average molecular weight is 318 g/mol. The maximum atomic E-state index is 13.2. The number of benzene rings is 2. The zero-order valence-electron chi connectivity index (χ0n) is 13.8. The van der Waals surface area contributed by atoms with Gasteiger partial charge in [0.2, 0.25) is 0 Å². The molecule has 0 amide bonds. The van der Waals surface area contributed by atoms with Crippen LogP contribution in [0, 0.1) is 11.8 Å². The van der Waals surface area contributed by atoms with Crippen molar-refractivity contribution in [1.82, 2.24) is 0 Å². The largest absolute Gasteiger partial charge is 0.294 e. The molecular weight excluding hydrogens is 296 g/mol. The van der Waals surface area contributed by atoms with E-state index in [9.17, 15) is 9.59 Å². The number of Topliss-reactive ketones (excluding diaryl/α,β-unsaturated/α-hetero) is 2. The van der Waals surface area contributed by atoms with E-state index in [4.69, 9.17) is 0 Å². The maximum Gasteiger partial charge on any atom is 0.166 e. The Hall–Kier alpha value is -2.22. The van der Waals surface area contributed by atoms with Gasteiger partial charge in [0.25, 0.3) is 0 Å². The molecule has 2 nitrogen and oxygen atoms in total. The van der Waals surface area contributed by atoms with Crippen molar-refractivity contribution in [2.45, 2.75) is 38.5 Å². The van der Waals surface area contributed by atoms with E-state index >= 15 is 0 Å². The van der Waals surface area contributed by atoms with Crippen LogP contribution in [-0.4, -0.2) is 11.6 Å². The first kappa shape index (κ1) is 15.3. The number of carbonyl (C=O) groups excluding carboxylic acids is 2. The number of carbonyl (C=O) groups is 2. The summed E-state index contributed by atoms with van der Waals surface area (Å²) in [6, 6.07) is 15.8. The molecule has 122 valence electrons. The molecule has 2 heteroatoms. The van der Waals surface area contributed by atoms with E-state index < -0.39 is 0 Å². The molecule has 4 rings (SSSR count). The zero-order valence-corrected chi connectivity index (χ0v) is 13.8. The Morgan fingerprint density at radius 3 is 1.50 bits per heavy atom. The highest BCUT2D eigenvalue weighted by Crippen LogP contribution is 2.36. The first-order chi connectivity index (χ1) is 11.8. The summed E-state index contributed by atoms with van der Waals surface area (Å²) in [4.78, 5) is 26.3. The molecule has 0 radical (unpaired) electrons. The van der Waals surface area contributed by atoms with Crippen LogP contribution in [-0.2, 0) is 12.8 Å². The van der Waals surface area contributed by atoms with Crippen molar-refractivity contribution in [3.8, 4) is 0 Å². The third kappa shape index (κ3) is 2.60. The van der Waals surface area contributed by atoms with E-state index in [1.165, 1.54) is 0 Å². The van der Waals surface area contributed by atoms with E-state index in [0.717, 1.165) is 60.8 Å². The molecule has 0 heterocycles. The highest BCUT2D eigenvalue weighted by Gasteiger charge is 2.37. The van der Waals surface area contributed by atoms with E-state index in [0.29, 0.717) is 0 Å². The molecule has 0 aliphatic heterocycles.